The number of hydrogen-bond acceptors (Lipinski definition) is 8. The maximum atomic E-state index is 12.5. The number of ether oxygens (including phenoxy) is 2. The molecule has 0 saturated carbocycles. The molecule has 0 bridgehead atoms. The normalized spacial score (nSPS) is 14.0. The molecule has 250 valence electrons. The second kappa shape index (κ2) is 26.4. The van der Waals surface area contributed by atoms with Crippen molar-refractivity contribution in [2.75, 3.05) is 47.5 Å². The van der Waals surface area contributed by atoms with E-state index in [0.29, 0.717) is 17.4 Å². The van der Waals surface area contributed by atoms with Gasteiger partial charge in [-0.3, -0.25) is 14.2 Å². The SMILES string of the molecule is CCCCCCCCCCCC(=O)OC[C@@H](COP(=O)([O-])OCC[N+](C)(C)C)OC(=O)CCCCCCCCCCC. The van der Waals surface area contributed by atoms with Gasteiger partial charge < -0.3 is 27.9 Å². The summed E-state index contributed by atoms with van der Waals surface area (Å²) in [5.41, 5.74) is 0. The van der Waals surface area contributed by atoms with Gasteiger partial charge in [0.15, 0.2) is 6.10 Å². The third kappa shape index (κ3) is 29.1. The Balaban J connectivity index is 4.51. The molecule has 0 aliphatic rings. The van der Waals surface area contributed by atoms with Gasteiger partial charge in [0, 0.05) is 12.8 Å². The van der Waals surface area contributed by atoms with E-state index >= 15 is 0 Å². The Kier molecular flexibility index (Phi) is 25.8. The molecular weight excluding hydrogens is 557 g/mol. The molecule has 0 aromatic heterocycles. The second-order valence-electron chi connectivity index (χ2n) is 12.5. The summed E-state index contributed by atoms with van der Waals surface area (Å²) in [5, 5.41) is 0. The van der Waals surface area contributed by atoms with Crippen LogP contribution >= 0.6 is 7.82 Å². The fourth-order valence-electron chi connectivity index (χ4n) is 4.42. The standard InChI is InChI=1S/C32H64NO8P/c1-6-8-10-12-14-16-18-20-22-24-31(34)38-28-30(29-40-42(36,37)39-27-26-33(3,4)5)41-32(35)25-23-21-19-17-15-13-11-9-7-2/h30H,6-29H2,1-5H3/t30-/m0/s1. The molecule has 0 aliphatic heterocycles. The van der Waals surface area contributed by atoms with E-state index < -0.39 is 26.5 Å². The Bertz CT molecular complexity index is 713. The first kappa shape index (κ1) is 41.0. The van der Waals surface area contributed by atoms with Crippen LogP contribution in [0.5, 0.6) is 0 Å². The van der Waals surface area contributed by atoms with E-state index in [1.807, 2.05) is 21.1 Å². The van der Waals surface area contributed by atoms with Crippen molar-refractivity contribution in [3.05, 3.63) is 0 Å². The van der Waals surface area contributed by atoms with Crippen LogP contribution in [0.25, 0.3) is 0 Å². The number of likely N-dealkylation sites (N-methyl/N-ethyl adjacent to an activating group) is 1. The summed E-state index contributed by atoms with van der Waals surface area (Å²) in [5.74, 6) is -0.837. The van der Waals surface area contributed by atoms with Gasteiger partial charge in [0.05, 0.1) is 27.7 Å². The highest BCUT2D eigenvalue weighted by atomic mass is 31.2. The fraction of sp³-hybridized carbons (Fsp3) is 0.938. The molecule has 0 spiro atoms. The maximum absolute atomic E-state index is 12.5. The average molecular weight is 622 g/mol. The van der Waals surface area contributed by atoms with Gasteiger partial charge in [-0.25, -0.2) is 0 Å². The summed E-state index contributed by atoms with van der Waals surface area (Å²) in [6, 6.07) is 0. The molecule has 0 aromatic carbocycles. The third-order valence-corrected chi connectivity index (χ3v) is 8.09. The number of quaternary nitrogens is 1. The van der Waals surface area contributed by atoms with Crippen molar-refractivity contribution in [3.63, 3.8) is 0 Å². The molecule has 0 rings (SSSR count). The first-order valence-corrected chi connectivity index (χ1v) is 18.2. The molecule has 10 heteroatoms. The van der Waals surface area contributed by atoms with Crippen LogP contribution in [-0.4, -0.2) is 70.0 Å². The van der Waals surface area contributed by atoms with Crippen molar-refractivity contribution in [1.82, 2.24) is 0 Å². The number of unbranched alkanes of at least 4 members (excludes halogenated alkanes) is 16. The van der Waals surface area contributed by atoms with Crippen molar-refractivity contribution in [2.24, 2.45) is 0 Å². The number of carbonyl (C=O) groups is 2. The summed E-state index contributed by atoms with van der Waals surface area (Å²) in [6.07, 6.45) is 20.0. The van der Waals surface area contributed by atoms with E-state index in [2.05, 4.69) is 13.8 Å². The number of carbonyl (C=O) groups excluding carboxylic acids is 2. The molecule has 0 aliphatic carbocycles. The predicted molar refractivity (Wildman–Crippen MR) is 167 cm³/mol. The van der Waals surface area contributed by atoms with Crippen LogP contribution in [0.3, 0.4) is 0 Å². The zero-order valence-corrected chi connectivity index (χ0v) is 28.6. The van der Waals surface area contributed by atoms with Crippen LogP contribution in [0.4, 0.5) is 0 Å². The molecule has 2 atom stereocenters. The number of esters is 2. The van der Waals surface area contributed by atoms with Crippen LogP contribution in [0.1, 0.15) is 142 Å². The zero-order valence-electron chi connectivity index (χ0n) is 27.7. The minimum atomic E-state index is -4.60. The largest absolute Gasteiger partial charge is 0.756 e. The van der Waals surface area contributed by atoms with Crippen LogP contribution in [0, 0.1) is 0 Å². The molecule has 42 heavy (non-hydrogen) atoms. The number of nitrogens with zero attached hydrogens (tertiary/aromatic N) is 1. The monoisotopic (exact) mass is 621 g/mol. The topological polar surface area (TPSA) is 111 Å². The number of phosphoric acid groups is 1. The van der Waals surface area contributed by atoms with E-state index in [4.69, 9.17) is 18.5 Å². The Morgan fingerprint density at radius 2 is 1.07 bits per heavy atom. The summed E-state index contributed by atoms with van der Waals surface area (Å²) in [4.78, 5) is 37.0. The van der Waals surface area contributed by atoms with E-state index in [9.17, 15) is 19.0 Å². The highest BCUT2D eigenvalue weighted by molar-refractivity contribution is 7.45. The predicted octanol–water partition coefficient (Wildman–Crippen LogP) is 7.49. The minimum Gasteiger partial charge on any atom is -0.756 e. The van der Waals surface area contributed by atoms with Gasteiger partial charge in [-0.15, -0.1) is 0 Å². The van der Waals surface area contributed by atoms with Gasteiger partial charge >= 0.3 is 11.9 Å². The minimum absolute atomic E-state index is 0.0267. The van der Waals surface area contributed by atoms with E-state index in [-0.39, 0.29) is 32.0 Å². The van der Waals surface area contributed by atoms with Gasteiger partial charge in [-0.05, 0) is 12.8 Å². The number of hydrogen-bond donors (Lipinski definition) is 0. The van der Waals surface area contributed by atoms with Gasteiger partial charge in [0.25, 0.3) is 7.82 Å². The number of phosphoric ester groups is 1. The molecule has 0 aromatic rings. The second-order valence-corrected chi connectivity index (χ2v) is 14.0. The zero-order chi connectivity index (χ0) is 31.5. The highest BCUT2D eigenvalue weighted by Crippen LogP contribution is 2.38. The van der Waals surface area contributed by atoms with Crippen molar-refractivity contribution in [1.29, 1.82) is 0 Å². The van der Waals surface area contributed by atoms with Crippen LogP contribution in [0.2, 0.25) is 0 Å². The van der Waals surface area contributed by atoms with E-state index in [0.717, 1.165) is 38.5 Å². The lowest BCUT2D eigenvalue weighted by Gasteiger charge is -2.28. The summed E-state index contributed by atoms with van der Waals surface area (Å²) < 4.78 is 33.5. The van der Waals surface area contributed by atoms with Crippen molar-refractivity contribution >= 4 is 19.8 Å². The molecule has 0 heterocycles. The van der Waals surface area contributed by atoms with E-state index in [1.165, 1.54) is 70.6 Å². The highest BCUT2D eigenvalue weighted by Gasteiger charge is 2.21. The van der Waals surface area contributed by atoms with Gasteiger partial charge in [0.2, 0.25) is 0 Å². The molecule has 0 radical (unpaired) electrons. The first-order valence-electron chi connectivity index (χ1n) is 16.7. The molecule has 0 amide bonds. The third-order valence-electron chi connectivity index (χ3n) is 7.13. The van der Waals surface area contributed by atoms with Crippen LogP contribution < -0.4 is 4.89 Å². The molecule has 1 unspecified atom stereocenters. The molecule has 0 fully saturated rings. The quantitative estimate of drug-likeness (QED) is 0.0351. The lowest BCUT2D eigenvalue weighted by atomic mass is 10.1. The fourth-order valence-corrected chi connectivity index (χ4v) is 5.15. The summed E-state index contributed by atoms with van der Waals surface area (Å²) in [6.45, 7) is 4.16. The van der Waals surface area contributed by atoms with Gasteiger partial charge in [0.1, 0.15) is 19.8 Å². The lowest BCUT2D eigenvalue weighted by molar-refractivity contribution is -0.870. The van der Waals surface area contributed by atoms with Gasteiger partial charge in [-0.2, -0.15) is 0 Å². The number of rotatable bonds is 30. The molecule has 9 nitrogen and oxygen atoms in total. The lowest BCUT2D eigenvalue weighted by Crippen LogP contribution is -2.37. The Morgan fingerprint density at radius 3 is 1.52 bits per heavy atom. The Labute approximate surface area is 257 Å². The van der Waals surface area contributed by atoms with Crippen LogP contribution in [0.15, 0.2) is 0 Å². The smallest absolute Gasteiger partial charge is 0.306 e. The van der Waals surface area contributed by atoms with Crippen molar-refractivity contribution in [3.8, 4) is 0 Å². The van der Waals surface area contributed by atoms with Crippen molar-refractivity contribution < 1.29 is 42.1 Å². The molecule has 0 N–H and O–H groups in total. The van der Waals surface area contributed by atoms with Crippen LogP contribution in [-0.2, 0) is 32.7 Å². The first-order chi connectivity index (χ1) is 20.0. The Morgan fingerprint density at radius 1 is 0.643 bits per heavy atom. The van der Waals surface area contributed by atoms with Crippen molar-refractivity contribution in [2.45, 2.75) is 148 Å². The average Bonchev–Trinajstić information content (AvgIpc) is 2.92. The van der Waals surface area contributed by atoms with Gasteiger partial charge in [-0.1, -0.05) is 117 Å². The summed E-state index contributed by atoms with van der Waals surface area (Å²) >= 11 is 0. The Hall–Kier alpha value is -0.990. The summed E-state index contributed by atoms with van der Waals surface area (Å²) in [7, 11) is 1.17. The van der Waals surface area contributed by atoms with E-state index in [1.54, 1.807) is 0 Å². The molecule has 0 saturated heterocycles. The molecular formula is C32H64NO8P. The maximum Gasteiger partial charge on any atom is 0.306 e.